The van der Waals surface area contributed by atoms with Crippen molar-refractivity contribution in [1.82, 2.24) is 25.2 Å². The van der Waals surface area contributed by atoms with Gasteiger partial charge >= 0.3 is 5.97 Å². The molecule has 0 aliphatic heterocycles. The Morgan fingerprint density at radius 1 is 1.20 bits per heavy atom. The van der Waals surface area contributed by atoms with Crippen LogP contribution in [0.25, 0.3) is 5.69 Å². The van der Waals surface area contributed by atoms with E-state index in [-0.39, 0.29) is 29.0 Å². The molecule has 1 aromatic carbocycles. The maximum Gasteiger partial charge on any atom is 0.341 e. The third-order valence-electron chi connectivity index (χ3n) is 3.06. The molecule has 0 saturated carbocycles. The first-order chi connectivity index (χ1) is 12.1. The zero-order valence-corrected chi connectivity index (χ0v) is 13.4. The lowest BCUT2D eigenvalue weighted by Gasteiger charge is -2.08. The van der Waals surface area contributed by atoms with E-state index in [4.69, 9.17) is 4.74 Å². The number of hydrogen-bond acceptors (Lipinski definition) is 7. The molecule has 0 amide bonds. The second-order valence-corrected chi connectivity index (χ2v) is 5.63. The molecule has 2 heterocycles. The number of carbonyl (C=O) groups is 1. The Morgan fingerprint density at radius 3 is 2.76 bits per heavy atom. The Bertz CT molecular complexity index is 860. The van der Waals surface area contributed by atoms with E-state index in [2.05, 4.69) is 20.5 Å². The van der Waals surface area contributed by atoms with Crippen LogP contribution in [0, 0.1) is 0 Å². The van der Waals surface area contributed by atoms with Crippen molar-refractivity contribution in [1.29, 1.82) is 0 Å². The number of tetrazole rings is 1. The van der Waals surface area contributed by atoms with Gasteiger partial charge < -0.3 is 4.74 Å². The number of halogens is 2. The van der Waals surface area contributed by atoms with Gasteiger partial charge in [-0.15, -0.1) is 5.10 Å². The SMILES string of the molecule is O=C(OCc1nnnn1-c1ccccc1)c1cccnc1SC(F)F. The van der Waals surface area contributed by atoms with Crippen LogP contribution in [0.5, 0.6) is 0 Å². The van der Waals surface area contributed by atoms with Crippen molar-refractivity contribution in [2.45, 2.75) is 17.4 Å². The van der Waals surface area contributed by atoms with Crippen molar-refractivity contribution in [2.24, 2.45) is 0 Å². The van der Waals surface area contributed by atoms with Crippen molar-refractivity contribution < 1.29 is 18.3 Å². The summed E-state index contributed by atoms with van der Waals surface area (Å²) in [6.07, 6.45) is 1.33. The highest BCUT2D eigenvalue weighted by Crippen LogP contribution is 2.26. The van der Waals surface area contributed by atoms with E-state index in [0.29, 0.717) is 11.5 Å². The van der Waals surface area contributed by atoms with Crippen molar-refractivity contribution in [2.75, 3.05) is 0 Å². The van der Waals surface area contributed by atoms with Gasteiger partial charge in [-0.1, -0.05) is 18.2 Å². The van der Waals surface area contributed by atoms with Gasteiger partial charge in [0.25, 0.3) is 5.76 Å². The molecule has 0 fully saturated rings. The molecule has 0 aliphatic rings. The first kappa shape index (κ1) is 17.0. The summed E-state index contributed by atoms with van der Waals surface area (Å²) in [5.41, 5.74) is 0.667. The highest BCUT2D eigenvalue weighted by Gasteiger charge is 2.19. The second-order valence-electron chi connectivity index (χ2n) is 4.65. The van der Waals surface area contributed by atoms with Crippen LogP contribution in [0.2, 0.25) is 0 Å². The molecule has 25 heavy (non-hydrogen) atoms. The average Bonchev–Trinajstić information content (AvgIpc) is 3.09. The number of esters is 1. The zero-order valence-electron chi connectivity index (χ0n) is 12.6. The number of hydrogen-bond donors (Lipinski definition) is 0. The number of para-hydroxylation sites is 1. The fourth-order valence-electron chi connectivity index (χ4n) is 2.00. The smallest absolute Gasteiger partial charge is 0.341 e. The van der Waals surface area contributed by atoms with Gasteiger partial charge in [-0.25, -0.2) is 9.78 Å². The van der Waals surface area contributed by atoms with Gasteiger partial charge in [0.1, 0.15) is 5.03 Å². The van der Waals surface area contributed by atoms with E-state index >= 15 is 0 Å². The van der Waals surface area contributed by atoms with Crippen LogP contribution in [0.1, 0.15) is 16.2 Å². The van der Waals surface area contributed by atoms with Crippen LogP contribution in [-0.2, 0) is 11.3 Å². The summed E-state index contributed by atoms with van der Waals surface area (Å²) in [5.74, 6) is -3.17. The number of ether oxygens (including phenoxy) is 1. The summed E-state index contributed by atoms with van der Waals surface area (Å²) < 4.78 is 31.7. The molecular weight excluding hydrogens is 352 g/mol. The van der Waals surface area contributed by atoms with E-state index < -0.39 is 11.7 Å². The predicted octanol–water partition coefficient (Wildman–Crippen LogP) is 2.73. The third-order valence-corrected chi connectivity index (χ3v) is 3.79. The first-order valence-electron chi connectivity index (χ1n) is 7.05. The summed E-state index contributed by atoms with van der Waals surface area (Å²) in [5, 5.41) is 11.1. The second kappa shape index (κ2) is 7.79. The largest absolute Gasteiger partial charge is 0.454 e. The minimum Gasteiger partial charge on any atom is -0.454 e. The molecule has 0 radical (unpaired) electrons. The Morgan fingerprint density at radius 2 is 2.00 bits per heavy atom. The van der Waals surface area contributed by atoms with Gasteiger partial charge in [0.15, 0.2) is 12.4 Å². The zero-order chi connectivity index (χ0) is 17.6. The Balaban J connectivity index is 1.73. The lowest BCUT2D eigenvalue weighted by atomic mass is 10.3. The summed E-state index contributed by atoms with van der Waals surface area (Å²) in [6, 6.07) is 11.9. The molecule has 0 N–H and O–H groups in total. The van der Waals surface area contributed by atoms with Crippen LogP contribution in [-0.4, -0.2) is 36.9 Å². The molecule has 0 aliphatic carbocycles. The fourth-order valence-corrected chi connectivity index (χ4v) is 2.57. The molecule has 2 aromatic heterocycles. The number of thioether (sulfide) groups is 1. The number of rotatable bonds is 6. The van der Waals surface area contributed by atoms with Crippen LogP contribution in [0.15, 0.2) is 53.7 Å². The van der Waals surface area contributed by atoms with Gasteiger partial charge in [-0.05, 0) is 46.5 Å². The summed E-state index contributed by atoms with van der Waals surface area (Å²) in [4.78, 5) is 16.0. The number of benzene rings is 1. The summed E-state index contributed by atoms with van der Waals surface area (Å²) >= 11 is 0.186. The molecule has 3 rings (SSSR count). The standard InChI is InChI=1S/C15H11F2N5O2S/c16-15(17)25-13-11(7-4-8-18-13)14(23)24-9-12-19-20-21-22(12)10-5-2-1-3-6-10/h1-8,15H,9H2. The van der Waals surface area contributed by atoms with E-state index in [1.165, 1.54) is 23.0 Å². The number of aromatic nitrogens is 5. The van der Waals surface area contributed by atoms with Crippen molar-refractivity contribution >= 4 is 17.7 Å². The molecule has 0 atom stereocenters. The molecule has 7 nitrogen and oxygen atoms in total. The quantitative estimate of drug-likeness (QED) is 0.492. The van der Waals surface area contributed by atoms with Crippen molar-refractivity contribution in [3.05, 3.63) is 60.0 Å². The monoisotopic (exact) mass is 363 g/mol. The molecule has 0 saturated heterocycles. The van der Waals surface area contributed by atoms with Gasteiger partial charge in [0, 0.05) is 6.20 Å². The number of alkyl halides is 2. The lowest BCUT2D eigenvalue weighted by Crippen LogP contribution is -2.11. The van der Waals surface area contributed by atoms with Crippen LogP contribution in [0.3, 0.4) is 0 Å². The van der Waals surface area contributed by atoms with E-state index in [9.17, 15) is 13.6 Å². The van der Waals surface area contributed by atoms with Crippen molar-refractivity contribution in [3.8, 4) is 5.69 Å². The predicted molar refractivity (Wildman–Crippen MR) is 84.4 cm³/mol. The molecule has 0 unspecified atom stereocenters. The van der Waals surface area contributed by atoms with Crippen LogP contribution >= 0.6 is 11.8 Å². The van der Waals surface area contributed by atoms with Crippen LogP contribution in [0.4, 0.5) is 8.78 Å². The highest BCUT2D eigenvalue weighted by molar-refractivity contribution is 7.99. The number of pyridine rings is 1. The highest BCUT2D eigenvalue weighted by atomic mass is 32.2. The Hall–Kier alpha value is -2.88. The van der Waals surface area contributed by atoms with Gasteiger partial charge in [0.05, 0.1) is 11.3 Å². The Kier molecular flexibility index (Phi) is 5.29. The molecule has 0 bridgehead atoms. The summed E-state index contributed by atoms with van der Waals surface area (Å²) in [6.45, 7) is -0.214. The normalized spacial score (nSPS) is 10.8. The maximum absolute atomic E-state index is 12.6. The number of carbonyl (C=O) groups excluding carboxylic acids is 1. The molecule has 0 spiro atoms. The fraction of sp³-hybridized carbons (Fsp3) is 0.133. The van der Waals surface area contributed by atoms with Gasteiger partial charge in [0.2, 0.25) is 0 Å². The van der Waals surface area contributed by atoms with Crippen molar-refractivity contribution in [3.63, 3.8) is 0 Å². The van der Waals surface area contributed by atoms with Crippen LogP contribution < -0.4 is 0 Å². The van der Waals surface area contributed by atoms with Gasteiger partial charge in [-0.3, -0.25) is 0 Å². The Labute approximate surface area is 145 Å². The molecule has 128 valence electrons. The molecule has 3 aromatic rings. The summed E-state index contributed by atoms with van der Waals surface area (Å²) in [7, 11) is 0. The topological polar surface area (TPSA) is 82.8 Å². The lowest BCUT2D eigenvalue weighted by molar-refractivity contribution is 0.0454. The minimum atomic E-state index is -2.69. The maximum atomic E-state index is 12.6. The minimum absolute atomic E-state index is 0.0356. The molecule has 10 heteroatoms. The van der Waals surface area contributed by atoms with Gasteiger partial charge in [-0.2, -0.15) is 13.5 Å². The van der Waals surface area contributed by atoms with E-state index in [1.807, 2.05) is 18.2 Å². The number of nitrogens with zero attached hydrogens (tertiary/aromatic N) is 5. The van der Waals surface area contributed by atoms with E-state index in [0.717, 1.165) is 0 Å². The van der Waals surface area contributed by atoms with E-state index in [1.54, 1.807) is 12.1 Å². The average molecular weight is 363 g/mol. The third kappa shape index (κ3) is 4.15. The molecular formula is C15H11F2N5O2S. The first-order valence-corrected chi connectivity index (χ1v) is 7.93.